The summed E-state index contributed by atoms with van der Waals surface area (Å²) in [7, 11) is 3.38. The summed E-state index contributed by atoms with van der Waals surface area (Å²) in [4.78, 5) is 27.8. The van der Waals surface area contributed by atoms with Crippen LogP contribution in [0.5, 0.6) is 0 Å². The quantitative estimate of drug-likeness (QED) is 0.900. The molecule has 6 heteroatoms. The number of nitrogens with zero attached hydrogens (tertiary/aromatic N) is 2. The van der Waals surface area contributed by atoms with Crippen LogP contribution >= 0.6 is 0 Å². The number of aryl methyl sites for hydroxylation is 1. The molecule has 1 aromatic rings. The molecule has 0 spiro atoms. The molecule has 3 amide bonds. The van der Waals surface area contributed by atoms with Crippen molar-refractivity contribution in [1.29, 1.82) is 0 Å². The third-order valence-corrected chi connectivity index (χ3v) is 4.31. The zero-order valence-electron chi connectivity index (χ0n) is 15.0. The minimum absolute atomic E-state index is 0.0161. The van der Waals surface area contributed by atoms with Gasteiger partial charge in [0.2, 0.25) is 5.91 Å². The van der Waals surface area contributed by atoms with E-state index in [4.69, 9.17) is 4.74 Å². The van der Waals surface area contributed by atoms with E-state index in [1.165, 1.54) is 4.90 Å². The zero-order valence-corrected chi connectivity index (χ0v) is 15.0. The Morgan fingerprint density at radius 2 is 2.04 bits per heavy atom. The number of anilines is 1. The summed E-state index contributed by atoms with van der Waals surface area (Å²) < 4.78 is 5.60. The van der Waals surface area contributed by atoms with E-state index in [0.717, 1.165) is 36.3 Å². The van der Waals surface area contributed by atoms with Crippen LogP contribution in [-0.4, -0.2) is 61.6 Å². The van der Waals surface area contributed by atoms with Crippen LogP contribution in [0.3, 0.4) is 0 Å². The number of urea groups is 1. The highest BCUT2D eigenvalue weighted by molar-refractivity contribution is 5.95. The van der Waals surface area contributed by atoms with E-state index in [1.54, 1.807) is 19.0 Å². The molecule has 2 rings (SSSR count). The lowest BCUT2D eigenvalue weighted by Crippen LogP contribution is -2.46. The first-order valence-electron chi connectivity index (χ1n) is 8.32. The van der Waals surface area contributed by atoms with Crippen molar-refractivity contribution in [3.05, 3.63) is 29.3 Å². The minimum Gasteiger partial charge on any atom is -0.376 e. The van der Waals surface area contributed by atoms with E-state index in [1.807, 2.05) is 32.0 Å². The van der Waals surface area contributed by atoms with Crippen LogP contribution in [0.25, 0.3) is 0 Å². The van der Waals surface area contributed by atoms with Gasteiger partial charge in [-0.3, -0.25) is 4.79 Å². The third-order valence-electron chi connectivity index (χ3n) is 4.31. The molecule has 0 saturated carbocycles. The van der Waals surface area contributed by atoms with Crippen molar-refractivity contribution in [1.82, 2.24) is 9.80 Å². The summed E-state index contributed by atoms with van der Waals surface area (Å²) in [6, 6.07) is 5.61. The largest absolute Gasteiger partial charge is 0.376 e. The molecule has 1 N–H and O–H groups in total. The van der Waals surface area contributed by atoms with Crippen molar-refractivity contribution in [3.8, 4) is 0 Å². The smallest absolute Gasteiger partial charge is 0.320 e. The number of carbonyl (C=O) groups is 2. The molecule has 1 aliphatic rings. The Bertz CT molecular complexity index is 595. The molecule has 1 heterocycles. The molecule has 1 fully saturated rings. The molecule has 1 aliphatic heterocycles. The van der Waals surface area contributed by atoms with Crippen molar-refractivity contribution in [2.45, 2.75) is 32.8 Å². The Labute approximate surface area is 143 Å². The Balaban J connectivity index is 2.02. The molecule has 1 saturated heterocycles. The molecular formula is C18H27N3O3. The van der Waals surface area contributed by atoms with Gasteiger partial charge in [-0.25, -0.2) is 4.79 Å². The van der Waals surface area contributed by atoms with Crippen LogP contribution < -0.4 is 5.32 Å². The van der Waals surface area contributed by atoms with Gasteiger partial charge in [0.15, 0.2) is 0 Å². The standard InChI is InChI=1S/C18H27N3O3/c1-13-7-5-9-16(14(13)2)19-17(22)12-21(18(23)20(3)4)11-15-8-6-10-24-15/h5,7,9,15H,6,8,10-12H2,1-4H3,(H,19,22)/t15-/m0/s1. The van der Waals surface area contributed by atoms with Crippen LogP contribution in [0.4, 0.5) is 10.5 Å². The summed E-state index contributed by atoms with van der Waals surface area (Å²) >= 11 is 0. The van der Waals surface area contributed by atoms with Crippen LogP contribution in [0.1, 0.15) is 24.0 Å². The first-order chi connectivity index (χ1) is 11.4. The summed E-state index contributed by atoms with van der Waals surface area (Å²) in [5, 5.41) is 2.91. The first kappa shape index (κ1) is 18.3. The number of benzene rings is 1. The number of ether oxygens (including phenoxy) is 1. The van der Waals surface area contributed by atoms with Crippen molar-refractivity contribution >= 4 is 17.6 Å². The van der Waals surface area contributed by atoms with Gasteiger partial charge in [0.05, 0.1) is 6.10 Å². The van der Waals surface area contributed by atoms with E-state index in [2.05, 4.69) is 5.32 Å². The normalized spacial score (nSPS) is 16.8. The van der Waals surface area contributed by atoms with Gasteiger partial charge < -0.3 is 19.9 Å². The highest BCUT2D eigenvalue weighted by atomic mass is 16.5. The summed E-state index contributed by atoms with van der Waals surface area (Å²) in [6.45, 7) is 5.16. The van der Waals surface area contributed by atoms with Crippen molar-refractivity contribution in [2.75, 3.05) is 39.1 Å². The minimum atomic E-state index is -0.197. The van der Waals surface area contributed by atoms with Crippen molar-refractivity contribution < 1.29 is 14.3 Å². The number of hydrogen-bond acceptors (Lipinski definition) is 3. The number of amides is 3. The molecule has 0 aromatic heterocycles. The molecule has 0 radical (unpaired) electrons. The Morgan fingerprint density at radius 3 is 2.67 bits per heavy atom. The van der Waals surface area contributed by atoms with Gasteiger partial charge in [0.25, 0.3) is 0 Å². The van der Waals surface area contributed by atoms with Crippen LogP contribution in [0, 0.1) is 13.8 Å². The number of carbonyl (C=O) groups excluding carboxylic acids is 2. The summed E-state index contributed by atoms with van der Waals surface area (Å²) in [5.41, 5.74) is 2.94. The fourth-order valence-corrected chi connectivity index (χ4v) is 2.78. The van der Waals surface area contributed by atoms with E-state index < -0.39 is 0 Å². The maximum absolute atomic E-state index is 12.4. The van der Waals surface area contributed by atoms with Gasteiger partial charge in [-0.2, -0.15) is 0 Å². The number of nitrogens with one attached hydrogen (secondary N) is 1. The van der Waals surface area contributed by atoms with Crippen LogP contribution in [0.15, 0.2) is 18.2 Å². The molecule has 1 atom stereocenters. The van der Waals surface area contributed by atoms with Crippen molar-refractivity contribution in [2.24, 2.45) is 0 Å². The first-order valence-corrected chi connectivity index (χ1v) is 8.32. The number of rotatable bonds is 5. The molecular weight excluding hydrogens is 306 g/mol. The molecule has 132 valence electrons. The lowest BCUT2D eigenvalue weighted by atomic mass is 10.1. The van der Waals surface area contributed by atoms with Gasteiger partial charge in [-0.05, 0) is 43.9 Å². The van der Waals surface area contributed by atoms with Gasteiger partial charge in [0, 0.05) is 32.9 Å². The fraction of sp³-hybridized carbons (Fsp3) is 0.556. The average Bonchev–Trinajstić information content (AvgIpc) is 3.03. The Kier molecular flexibility index (Phi) is 6.20. The fourth-order valence-electron chi connectivity index (χ4n) is 2.78. The predicted octanol–water partition coefficient (Wildman–Crippen LogP) is 2.40. The second-order valence-corrected chi connectivity index (χ2v) is 6.49. The number of hydrogen-bond donors (Lipinski definition) is 1. The highest BCUT2D eigenvalue weighted by Crippen LogP contribution is 2.18. The van der Waals surface area contributed by atoms with E-state index in [9.17, 15) is 9.59 Å². The molecule has 0 unspecified atom stereocenters. The summed E-state index contributed by atoms with van der Waals surface area (Å²) in [5.74, 6) is -0.197. The van der Waals surface area contributed by atoms with E-state index in [-0.39, 0.29) is 24.6 Å². The van der Waals surface area contributed by atoms with Gasteiger partial charge in [-0.1, -0.05) is 12.1 Å². The van der Waals surface area contributed by atoms with Gasteiger partial charge in [-0.15, -0.1) is 0 Å². The molecule has 0 bridgehead atoms. The van der Waals surface area contributed by atoms with Crippen LogP contribution in [0.2, 0.25) is 0 Å². The van der Waals surface area contributed by atoms with Crippen LogP contribution in [-0.2, 0) is 9.53 Å². The van der Waals surface area contributed by atoms with Gasteiger partial charge in [0.1, 0.15) is 6.54 Å². The second-order valence-electron chi connectivity index (χ2n) is 6.49. The molecule has 24 heavy (non-hydrogen) atoms. The van der Waals surface area contributed by atoms with Gasteiger partial charge >= 0.3 is 6.03 Å². The monoisotopic (exact) mass is 333 g/mol. The molecule has 6 nitrogen and oxygen atoms in total. The van der Waals surface area contributed by atoms with E-state index >= 15 is 0 Å². The van der Waals surface area contributed by atoms with E-state index in [0.29, 0.717) is 6.54 Å². The Morgan fingerprint density at radius 1 is 1.29 bits per heavy atom. The second kappa shape index (κ2) is 8.15. The topological polar surface area (TPSA) is 61.9 Å². The van der Waals surface area contributed by atoms with Crippen molar-refractivity contribution in [3.63, 3.8) is 0 Å². The summed E-state index contributed by atoms with van der Waals surface area (Å²) in [6.07, 6.45) is 1.95. The highest BCUT2D eigenvalue weighted by Gasteiger charge is 2.25. The average molecular weight is 333 g/mol. The lowest BCUT2D eigenvalue weighted by Gasteiger charge is -2.27. The predicted molar refractivity (Wildman–Crippen MR) is 94.2 cm³/mol. The Hall–Kier alpha value is -2.08. The SMILES string of the molecule is Cc1cccc(NC(=O)CN(C[C@@H]2CCCO2)C(=O)N(C)C)c1C. The maximum atomic E-state index is 12.4. The zero-order chi connectivity index (χ0) is 17.7. The molecule has 0 aliphatic carbocycles. The molecule has 1 aromatic carbocycles. The third kappa shape index (κ3) is 4.71. The lowest BCUT2D eigenvalue weighted by molar-refractivity contribution is -0.117. The maximum Gasteiger partial charge on any atom is 0.320 e.